The molecule has 0 atom stereocenters. The van der Waals surface area contributed by atoms with Crippen molar-refractivity contribution in [1.29, 1.82) is 0 Å². The summed E-state index contributed by atoms with van der Waals surface area (Å²) < 4.78 is 12.8. The number of nitrogens with one attached hydrogen (secondary N) is 1. The smallest absolute Gasteiger partial charge is 0.241 e. The van der Waals surface area contributed by atoms with Gasteiger partial charge in [-0.25, -0.2) is 4.39 Å². The van der Waals surface area contributed by atoms with Gasteiger partial charge < -0.3 is 10.2 Å². The highest BCUT2D eigenvalue weighted by atomic mass is 19.1. The average Bonchev–Trinajstić information content (AvgIpc) is 2.37. The van der Waals surface area contributed by atoms with E-state index in [0.717, 1.165) is 31.6 Å². The summed E-state index contributed by atoms with van der Waals surface area (Å²) in [6, 6.07) is 6.08. The highest BCUT2D eigenvalue weighted by Gasteiger charge is 2.14. The normalized spacial score (nSPS) is 16.6. The number of hydrogen-bond acceptors (Lipinski definition) is 2. The standard InChI is InChI=1S/C15H21FN2O/c16-13-6-8-14(9-7-13)17-12-15(19)18-10-4-2-1-3-5-11-18/h6-9,17H,1-5,10-12H2. The molecule has 1 aromatic carbocycles. The number of amides is 1. The van der Waals surface area contributed by atoms with Gasteiger partial charge in [0.1, 0.15) is 5.82 Å². The predicted octanol–water partition coefficient (Wildman–Crippen LogP) is 3.03. The van der Waals surface area contributed by atoms with Gasteiger partial charge in [-0.2, -0.15) is 0 Å². The van der Waals surface area contributed by atoms with Gasteiger partial charge in [0.25, 0.3) is 0 Å². The number of halogens is 1. The van der Waals surface area contributed by atoms with Gasteiger partial charge in [0.2, 0.25) is 5.91 Å². The van der Waals surface area contributed by atoms with E-state index >= 15 is 0 Å². The van der Waals surface area contributed by atoms with Crippen molar-refractivity contribution in [2.45, 2.75) is 32.1 Å². The molecule has 0 spiro atoms. The van der Waals surface area contributed by atoms with E-state index in [9.17, 15) is 9.18 Å². The van der Waals surface area contributed by atoms with Gasteiger partial charge in [0.15, 0.2) is 0 Å². The molecule has 1 fully saturated rings. The number of carbonyl (C=O) groups is 1. The second-order valence-electron chi connectivity index (χ2n) is 5.01. The maximum absolute atomic E-state index is 12.8. The first-order valence-corrected chi connectivity index (χ1v) is 7.03. The molecule has 0 saturated carbocycles. The zero-order valence-corrected chi connectivity index (χ0v) is 11.2. The third-order valence-electron chi connectivity index (χ3n) is 3.50. The van der Waals surface area contributed by atoms with Crippen LogP contribution >= 0.6 is 0 Å². The Labute approximate surface area is 113 Å². The highest BCUT2D eigenvalue weighted by Crippen LogP contribution is 2.11. The summed E-state index contributed by atoms with van der Waals surface area (Å²) in [5.41, 5.74) is 0.779. The molecule has 0 radical (unpaired) electrons. The van der Waals surface area contributed by atoms with Crippen LogP contribution in [0.2, 0.25) is 0 Å². The fraction of sp³-hybridized carbons (Fsp3) is 0.533. The first-order valence-electron chi connectivity index (χ1n) is 7.03. The second kappa shape index (κ2) is 7.12. The van der Waals surface area contributed by atoms with Crippen LogP contribution in [0.25, 0.3) is 0 Å². The van der Waals surface area contributed by atoms with Crippen molar-refractivity contribution in [1.82, 2.24) is 4.90 Å². The third-order valence-corrected chi connectivity index (χ3v) is 3.50. The SMILES string of the molecule is O=C(CNc1ccc(F)cc1)N1CCCCCCC1. The quantitative estimate of drug-likeness (QED) is 0.910. The zero-order chi connectivity index (χ0) is 13.5. The van der Waals surface area contributed by atoms with E-state index in [4.69, 9.17) is 0 Å². The van der Waals surface area contributed by atoms with Crippen LogP contribution in [0.3, 0.4) is 0 Å². The summed E-state index contributed by atoms with van der Waals surface area (Å²) in [4.78, 5) is 14.0. The van der Waals surface area contributed by atoms with Crippen LogP contribution in [0.15, 0.2) is 24.3 Å². The van der Waals surface area contributed by atoms with Crippen molar-refractivity contribution in [2.24, 2.45) is 0 Å². The van der Waals surface area contributed by atoms with Crippen LogP contribution in [-0.4, -0.2) is 30.4 Å². The zero-order valence-electron chi connectivity index (χ0n) is 11.2. The average molecular weight is 264 g/mol. The van der Waals surface area contributed by atoms with Crippen molar-refractivity contribution in [3.05, 3.63) is 30.1 Å². The second-order valence-corrected chi connectivity index (χ2v) is 5.01. The minimum absolute atomic E-state index is 0.131. The fourth-order valence-electron chi connectivity index (χ4n) is 2.35. The van der Waals surface area contributed by atoms with Gasteiger partial charge >= 0.3 is 0 Å². The van der Waals surface area contributed by atoms with Crippen LogP contribution in [-0.2, 0) is 4.79 Å². The maximum atomic E-state index is 12.8. The molecule has 104 valence electrons. The number of rotatable bonds is 3. The molecule has 1 saturated heterocycles. The molecule has 3 nitrogen and oxygen atoms in total. The van der Waals surface area contributed by atoms with E-state index in [1.54, 1.807) is 12.1 Å². The molecule has 0 unspecified atom stereocenters. The third kappa shape index (κ3) is 4.54. The molecule has 0 aliphatic carbocycles. The lowest BCUT2D eigenvalue weighted by Crippen LogP contribution is -2.37. The summed E-state index contributed by atoms with van der Waals surface area (Å²) in [6.45, 7) is 2.01. The largest absolute Gasteiger partial charge is 0.376 e. The van der Waals surface area contributed by atoms with E-state index in [-0.39, 0.29) is 18.3 Å². The number of benzene rings is 1. The Morgan fingerprint density at radius 3 is 2.26 bits per heavy atom. The van der Waals surface area contributed by atoms with Gasteiger partial charge in [-0.15, -0.1) is 0 Å². The first-order chi connectivity index (χ1) is 9.25. The minimum Gasteiger partial charge on any atom is -0.376 e. The van der Waals surface area contributed by atoms with Gasteiger partial charge in [-0.1, -0.05) is 19.3 Å². The molecular weight excluding hydrogens is 243 g/mol. The lowest BCUT2D eigenvalue weighted by molar-refractivity contribution is -0.129. The molecule has 0 bridgehead atoms. The maximum Gasteiger partial charge on any atom is 0.241 e. The Kier molecular flexibility index (Phi) is 5.19. The molecule has 1 aliphatic rings. The fourth-order valence-corrected chi connectivity index (χ4v) is 2.35. The summed E-state index contributed by atoms with van der Waals surface area (Å²) in [5.74, 6) is -0.133. The topological polar surface area (TPSA) is 32.3 Å². The molecule has 4 heteroatoms. The number of hydrogen-bond donors (Lipinski definition) is 1. The van der Waals surface area contributed by atoms with E-state index in [2.05, 4.69) is 5.32 Å². The lowest BCUT2D eigenvalue weighted by Gasteiger charge is -2.25. The number of carbonyl (C=O) groups excluding carboxylic acids is 1. The summed E-state index contributed by atoms with van der Waals surface area (Å²) in [5, 5.41) is 3.05. The Morgan fingerprint density at radius 2 is 1.63 bits per heavy atom. The Hall–Kier alpha value is -1.58. The molecule has 2 rings (SSSR count). The van der Waals surface area contributed by atoms with Crippen LogP contribution < -0.4 is 5.32 Å². The summed E-state index contributed by atoms with van der Waals surface area (Å²) >= 11 is 0. The number of anilines is 1. The number of likely N-dealkylation sites (tertiary alicyclic amines) is 1. The van der Waals surface area contributed by atoms with Crippen molar-refractivity contribution < 1.29 is 9.18 Å². The molecule has 1 aromatic rings. The molecular formula is C15H21FN2O. The summed E-state index contributed by atoms with van der Waals surface area (Å²) in [7, 11) is 0. The predicted molar refractivity (Wildman–Crippen MR) is 74.6 cm³/mol. The van der Waals surface area contributed by atoms with E-state index < -0.39 is 0 Å². The Morgan fingerprint density at radius 1 is 1.05 bits per heavy atom. The van der Waals surface area contributed by atoms with Crippen molar-refractivity contribution in [3.63, 3.8) is 0 Å². The minimum atomic E-state index is -0.263. The van der Waals surface area contributed by atoms with Crippen LogP contribution in [0, 0.1) is 5.82 Å². The van der Waals surface area contributed by atoms with Crippen LogP contribution in [0.5, 0.6) is 0 Å². The Bertz CT molecular complexity index is 397. The monoisotopic (exact) mass is 264 g/mol. The first kappa shape index (κ1) is 13.8. The van der Waals surface area contributed by atoms with Crippen LogP contribution in [0.1, 0.15) is 32.1 Å². The highest BCUT2D eigenvalue weighted by molar-refractivity contribution is 5.80. The molecule has 1 heterocycles. The molecule has 1 amide bonds. The lowest BCUT2D eigenvalue weighted by atomic mass is 10.1. The number of nitrogens with zero attached hydrogens (tertiary/aromatic N) is 1. The van der Waals surface area contributed by atoms with Crippen molar-refractivity contribution in [3.8, 4) is 0 Å². The van der Waals surface area contributed by atoms with Crippen LogP contribution in [0.4, 0.5) is 10.1 Å². The van der Waals surface area contributed by atoms with Gasteiger partial charge in [0.05, 0.1) is 6.54 Å². The molecule has 0 aromatic heterocycles. The van der Waals surface area contributed by atoms with Gasteiger partial charge in [0, 0.05) is 18.8 Å². The van der Waals surface area contributed by atoms with E-state index in [1.807, 2.05) is 4.90 Å². The molecule has 1 N–H and O–H groups in total. The van der Waals surface area contributed by atoms with E-state index in [1.165, 1.54) is 31.4 Å². The van der Waals surface area contributed by atoms with Gasteiger partial charge in [-0.3, -0.25) is 4.79 Å². The summed E-state index contributed by atoms with van der Waals surface area (Å²) in [6.07, 6.45) is 5.92. The van der Waals surface area contributed by atoms with Crippen molar-refractivity contribution >= 4 is 11.6 Å². The Balaban J connectivity index is 1.80. The molecule has 19 heavy (non-hydrogen) atoms. The van der Waals surface area contributed by atoms with Gasteiger partial charge in [-0.05, 0) is 37.1 Å². The molecule has 1 aliphatic heterocycles. The van der Waals surface area contributed by atoms with E-state index in [0.29, 0.717) is 0 Å². The van der Waals surface area contributed by atoms with Crippen molar-refractivity contribution in [2.75, 3.05) is 25.0 Å².